The van der Waals surface area contributed by atoms with E-state index in [0.717, 1.165) is 5.23 Å². The Morgan fingerprint density at radius 2 is 2.00 bits per heavy atom. The fourth-order valence-corrected chi connectivity index (χ4v) is 0.456. The first-order chi connectivity index (χ1) is 4.74. The lowest BCUT2D eigenvalue weighted by atomic mass is 10.6. The van der Waals surface area contributed by atoms with E-state index in [1.165, 1.54) is 0 Å². The van der Waals surface area contributed by atoms with E-state index in [2.05, 4.69) is 21.8 Å². The lowest BCUT2D eigenvalue weighted by Gasteiger charge is -2.25. The second-order valence-corrected chi connectivity index (χ2v) is 1.57. The van der Waals surface area contributed by atoms with Gasteiger partial charge in [-0.15, -0.1) is 17.9 Å². The molecule has 0 radical (unpaired) electrons. The Kier molecular flexibility index (Phi) is 3.76. The van der Waals surface area contributed by atoms with Gasteiger partial charge in [0.05, 0.1) is 0 Å². The predicted molar refractivity (Wildman–Crippen MR) is 37.6 cm³/mol. The summed E-state index contributed by atoms with van der Waals surface area (Å²) in [5, 5.41) is 1.11. The number of hydrogen-bond donors (Lipinski definition) is 4. The molecule has 0 aromatic carbocycles. The molecule has 4 N–H and O–H groups in total. The Bertz CT molecular complexity index is 173. The zero-order valence-corrected chi connectivity index (χ0v) is 6.49. The fraction of sp³-hybridized carbons (Fsp3) is 0.333. The number of hydrazine groups is 4. The van der Waals surface area contributed by atoms with Crippen molar-refractivity contribution in [1.82, 2.24) is 27.0 Å². The van der Waals surface area contributed by atoms with E-state index >= 15 is 0 Å². The van der Waals surface area contributed by atoms with Crippen LogP contribution in [0, 0.1) is 0 Å². The topological polar surface area (TPSA) is 85.5 Å². The molecule has 0 saturated carbocycles. The van der Waals surface area contributed by atoms with Crippen LogP contribution < -0.4 is 21.8 Å². The first-order valence-corrected chi connectivity index (χ1v) is 2.58. The van der Waals surface area contributed by atoms with Gasteiger partial charge in [-0.25, -0.2) is 5.43 Å². The summed E-state index contributed by atoms with van der Waals surface area (Å²) in [5.41, 5.74) is 9.14. The number of carbonyl (C=O) groups excluding carboxylic acids is 2. The van der Waals surface area contributed by atoms with Gasteiger partial charge in [-0.3, -0.25) is 20.4 Å². The highest BCUT2D eigenvalue weighted by Crippen LogP contribution is 1.74. The molecule has 64 valence electrons. The summed E-state index contributed by atoms with van der Waals surface area (Å²) in [6, 6.07) is 0. The minimum Gasteiger partial charge on any atom is -0.267 e. The van der Waals surface area contributed by atoms with Gasteiger partial charge in [-0.2, -0.15) is 0 Å². The van der Waals surface area contributed by atoms with Crippen molar-refractivity contribution in [3.63, 3.8) is 0 Å². The molecule has 0 atom stereocenters. The lowest BCUT2D eigenvalue weighted by molar-refractivity contribution is -0.153. The van der Waals surface area contributed by atoms with E-state index in [1.54, 1.807) is 7.05 Å². The van der Waals surface area contributed by atoms with E-state index in [1.807, 2.05) is 0 Å². The van der Waals surface area contributed by atoms with Crippen molar-refractivity contribution in [2.24, 2.45) is 0 Å². The van der Waals surface area contributed by atoms with Crippen molar-refractivity contribution in [1.29, 1.82) is 0 Å². The van der Waals surface area contributed by atoms with Gasteiger partial charge in [0.2, 0.25) is 0 Å². The summed E-state index contributed by atoms with van der Waals surface area (Å²) < 4.78 is 0. The number of nitrogens with one attached hydrogen (secondary N) is 4. The normalized spacial score (nSPS) is 18.3. The summed E-state index contributed by atoms with van der Waals surface area (Å²) >= 11 is 0. The third kappa shape index (κ3) is 2.31. The Labute approximate surface area is 68.8 Å². The number of hydrogen-bond acceptors (Lipinski definition) is 5. The highest BCUT2D eigenvalue weighted by atomic mass is 35.5. The van der Waals surface area contributed by atoms with E-state index in [9.17, 15) is 9.59 Å². The molecule has 0 spiro atoms. The average molecular weight is 182 g/mol. The molecule has 0 aliphatic carbocycles. The molecular formula is C3H8ClN5O2. The largest absolute Gasteiger partial charge is 0.327 e. The third-order valence-electron chi connectivity index (χ3n) is 0.924. The molecule has 1 fully saturated rings. The first-order valence-electron chi connectivity index (χ1n) is 2.58. The van der Waals surface area contributed by atoms with Crippen LogP contribution in [0.2, 0.25) is 0 Å². The molecule has 0 aromatic rings. The predicted octanol–water partition coefficient (Wildman–Crippen LogP) is -2.57. The molecule has 1 rings (SSSR count). The van der Waals surface area contributed by atoms with Crippen LogP contribution >= 0.6 is 12.4 Å². The van der Waals surface area contributed by atoms with Crippen LogP contribution in [0.4, 0.5) is 0 Å². The molecule has 0 aromatic heterocycles. The van der Waals surface area contributed by atoms with Gasteiger partial charge in [-0.05, 0) is 0 Å². The van der Waals surface area contributed by atoms with Gasteiger partial charge in [-0.1, -0.05) is 5.23 Å². The van der Waals surface area contributed by atoms with Crippen LogP contribution in [0.25, 0.3) is 0 Å². The summed E-state index contributed by atoms with van der Waals surface area (Å²) in [6.07, 6.45) is 0. The van der Waals surface area contributed by atoms with Crippen LogP contribution in [0.3, 0.4) is 0 Å². The molecule has 0 unspecified atom stereocenters. The fourth-order valence-electron chi connectivity index (χ4n) is 0.456. The molecule has 8 heteroatoms. The summed E-state index contributed by atoms with van der Waals surface area (Å²) in [6.45, 7) is 0. The SMILES string of the molecule is CNN1NNC(=O)C(=O)N1.Cl. The van der Waals surface area contributed by atoms with Gasteiger partial charge >= 0.3 is 11.8 Å². The molecule has 0 bridgehead atoms. The highest BCUT2D eigenvalue weighted by Gasteiger charge is 2.21. The van der Waals surface area contributed by atoms with Crippen molar-refractivity contribution < 1.29 is 9.59 Å². The van der Waals surface area contributed by atoms with Crippen LogP contribution in [0.5, 0.6) is 0 Å². The second-order valence-electron chi connectivity index (χ2n) is 1.57. The zero-order valence-electron chi connectivity index (χ0n) is 5.67. The van der Waals surface area contributed by atoms with Crippen molar-refractivity contribution >= 4 is 24.2 Å². The molecule has 7 nitrogen and oxygen atoms in total. The number of carbonyl (C=O) groups is 2. The summed E-state index contributed by atoms with van der Waals surface area (Å²) in [7, 11) is 1.57. The number of amides is 2. The monoisotopic (exact) mass is 181 g/mol. The van der Waals surface area contributed by atoms with E-state index in [-0.39, 0.29) is 12.4 Å². The minimum atomic E-state index is -0.716. The van der Waals surface area contributed by atoms with Gasteiger partial charge in [0, 0.05) is 7.05 Å². The summed E-state index contributed by atoms with van der Waals surface area (Å²) in [4.78, 5) is 20.9. The Balaban J connectivity index is 0.000001000. The smallest absolute Gasteiger partial charge is 0.267 e. The maximum atomic E-state index is 10.5. The van der Waals surface area contributed by atoms with Crippen LogP contribution in [-0.2, 0) is 9.59 Å². The quantitative estimate of drug-likeness (QED) is 0.334. The molecule has 11 heavy (non-hydrogen) atoms. The number of rotatable bonds is 1. The maximum absolute atomic E-state index is 10.5. The van der Waals surface area contributed by atoms with E-state index in [4.69, 9.17) is 0 Å². The lowest BCUT2D eigenvalue weighted by Crippen LogP contribution is -2.69. The molecular weight excluding hydrogens is 174 g/mol. The van der Waals surface area contributed by atoms with E-state index in [0.29, 0.717) is 0 Å². The molecule has 1 aliphatic rings. The van der Waals surface area contributed by atoms with Gasteiger partial charge < -0.3 is 0 Å². The van der Waals surface area contributed by atoms with Crippen molar-refractivity contribution in [2.75, 3.05) is 7.05 Å². The Hall–Kier alpha value is -0.890. The summed E-state index contributed by atoms with van der Waals surface area (Å²) in [5.74, 6) is -1.43. The standard InChI is InChI=1S/C3H7N5O2.ClH/c1-4-8-6-3(10)2(9)5-7-8;/h4,7H,1H3,(H,5,9)(H,6,10);1H. The highest BCUT2D eigenvalue weighted by molar-refractivity contribution is 6.35. The second kappa shape index (κ2) is 4.09. The van der Waals surface area contributed by atoms with Crippen LogP contribution in [0.15, 0.2) is 0 Å². The van der Waals surface area contributed by atoms with Crippen LogP contribution in [-0.4, -0.2) is 24.1 Å². The maximum Gasteiger partial charge on any atom is 0.327 e. The zero-order chi connectivity index (χ0) is 7.56. The number of halogens is 1. The number of nitrogens with zero attached hydrogens (tertiary/aromatic N) is 1. The van der Waals surface area contributed by atoms with Crippen LogP contribution in [0.1, 0.15) is 0 Å². The Morgan fingerprint density at radius 3 is 2.45 bits per heavy atom. The first kappa shape index (κ1) is 10.1. The molecule has 1 aliphatic heterocycles. The molecule has 2 amide bonds. The molecule has 1 heterocycles. The van der Waals surface area contributed by atoms with Crippen molar-refractivity contribution in [2.45, 2.75) is 0 Å². The van der Waals surface area contributed by atoms with Crippen molar-refractivity contribution in [3.05, 3.63) is 0 Å². The minimum absolute atomic E-state index is 0. The van der Waals surface area contributed by atoms with E-state index < -0.39 is 11.8 Å². The van der Waals surface area contributed by atoms with Gasteiger partial charge in [0.1, 0.15) is 0 Å². The van der Waals surface area contributed by atoms with Gasteiger partial charge in [0.25, 0.3) is 0 Å². The molecule has 1 saturated heterocycles. The van der Waals surface area contributed by atoms with Gasteiger partial charge in [0.15, 0.2) is 0 Å². The Morgan fingerprint density at radius 1 is 1.36 bits per heavy atom. The van der Waals surface area contributed by atoms with Crippen molar-refractivity contribution in [3.8, 4) is 0 Å². The third-order valence-corrected chi connectivity index (χ3v) is 0.924. The average Bonchev–Trinajstić information content (AvgIpc) is 1.95.